The van der Waals surface area contributed by atoms with Crippen LogP contribution < -0.4 is 5.32 Å². The van der Waals surface area contributed by atoms with Crippen molar-refractivity contribution in [3.8, 4) is 0 Å². The number of nitrogens with one attached hydrogen (secondary N) is 1. The van der Waals surface area contributed by atoms with Gasteiger partial charge in [0.2, 0.25) is 0 Å². The predicted molar refractivity (Wildman–Crippen MR) is 80.6 cm³/mol. The van der Waals surface area contributed by atoms with Gasteiger partial charge >= 0.3 is 0 Å². The summed E-state index contributed by atoms with van der Waals surface area (Å²) in [6.07, 6.45) is 2.29. The molecule has 1 N–H and O–H groups in total. The highest BCUT2D eigenvalue weighted by Gasteiger charge is 2.23. The standard InChI is InChI=1S/C13H21N5OS/c1-8(2)13(19)11(17-9(3)4)5-12-15-6-10(20-12)7-16-18-14/h6,8-9,11,17H,5,7H2,1-4H3/t11-/m0/s1. The normalized spacial score (nSPS) is 12.5. The number of Topliss-reactive ketones (excluding diaryl/α,β-unsaturated/α-hetero) is 1. The monoisotopic (exact) mass is 295 g/mol. The number of hydrogen-bond donors (Lipinski definition) is 1. The molecule has 0 amide bonds. The summed E-state index contributed by atoms with van der Waals surface area (Å²) in [5.41, 5.74) is 8.30. The lowest BCUT2D eigenvalue weighted by Crippen LogP contribution is -2.44. The van der Waals surface area contributed by atoms with Crippen molar-refractivity contribution in [2.24, 2.45) is 11.0 Å². The predicted octanol–water partition coefficient (Wildman–Crippen LogP) is 3.09. The molecule has 0 aliphatic carbocycles. The van der Waals surface area contributed by atoms with Crippen LogP contribution >= 0.6 is 11.3 Å². The lowest BCUT2D eigenvalue weighted by molar-refractivity contribution is -0.124. The number of azide groups is 1. The molecule has 0 aliphatic heterocycles. The SMILES string of the molecule is CC(C)N[C@@H](Cc1ncc(CN=[N+]=[N-])s1)C(=O)C(C)C. The van der Waals surface area contributed by atoms with Crippen LogP contribution in [0.1, 0.15) is 37.6 Å². The zero-order valence-corrected chi connectivity index (χ0v) is 13.1. The number of thiazole rings is 1. The molecule has 1 aromatic heterocycles. The van der Waals surface area contributed by atoms with Crippen LogP contribution in [-0.2, 0) is 17.8 Å². The third-order valence-electron chi connectivity index (χ3n) is 2.72. The van der Waals surface area contributed by atoms with Crippen LogP contribution in [0.15, 0.2) is 11.3 Å². The zero-order chi connectivity index (χ0) is 15.1. The maximum absolute atomic E-state index is 12.2. The van der Waals surface area contributed by atoms with Gasteiger partial charge in [0.05, 0.1) is 17.6 Å². The fraction of sp³-hybridized carbons (Fsp3) is 0.692. The molecule has 0 spiro atoms. The van der Waals surface area contributed by atoms with Crippen molar-refractivity contribution in [2.45, 2.75) is 52.7 Å². The maximum atomic E-state index is 12.2. The quantitative estimate of drug-likeness (QED) is 0.454. The zero-order valence-electron chi connectivity index (χ0n) is 12.3. The van der Waals surface area contributed by atoms with E-state index in [-0.39, 0.29) is 23.8 Å². The number of aromatic nitrogens is 1. The summed E-state index contributed by atoms with van der Waals surface area (Å²) < 4.78 is 0. The first-order valence-corrected chi connectivity index (χ1v) is 7.50. The number of ketones is 1. The van der Waals surface area contributed by atoms with Gasteiger partial charge in [-0.25, -0.2) is 4.98 Å². The largest absolute Gasteiger partial charge is 0.305 e. The molecule has 0 fully saturated rings. The Balaban J connectivity index is 2.75. The van der Waals surface area contributed by atoms with Gasteiger partial charge in [-0.3, -0.25) is 4.79 Å². The molecule has 7 heteroatoms. The van der Waals surface area contributed by atoms with Crippen LogP contribution in [0.2, 0.25) is 0 Å². The molecule has 0 saturated carbocycles. The van der Waals surface area contributed by atoms with Crippen molar-refractivity contribution in [3.63, 3.8) is 0 Å². The van der Waals surface area contributed by atoms with Gasteiger partial charge in [-0.15, -0.1) is 11.3 Å². The van der Waals surface area contributed by atoms with Crippen LogP contribution in [0.4, 0.5) is 0 Å². The first kappa shape index (κ1) is 16.6. The second kappa shape index (κ2) is 7.99. The number of nitrogens with zero attached hydrogens (tertiary/aromatic N) is 4. The number of carbonyl (C=O) groups is 1. The van der Waals surface area contributed by atoms with Gasteiger partial charge in [0.15, 0.2) is 5.78 Å². The topological polar surface area (TPSA) is 90.8 Å². The van der Waals surface area contributed by atoms with Crippen molar-refractivity contribution >= 4 is 17.1 Å². The Labute approximate surface area is 123 Å². The van der Waals surface area contributed by atoms with Crippen LogP contribution in [0.3, 0.4) is 0 Å². The van der Waals surface area contributed by atoms with Gasteiger partial charge in [0.1, 0.15) is 0 Å². The summed E-state index contributed by atoms with van der Waals surface area (Å²) >= 11 is 1.49. The molecule has 1 atom stereocenters. The smallest absolute Gasteiger partial charge is 0.152 e. The number of carbonyl (C=O) groups excluding carboxylic acids is 1. The van der Waals surface area contributed by atoms with Gasteiger partial charge in [-0.2, -0.15) is 0 Å². The van der Waals surface area contributed by atoms with Crippen LogP contribution in [0, 0.1) is 5.92 Å². The Morgan fingerprint density at radius 2 is 2.20 bits per heavy atom. The van der Waals surface area contributed by atoms with Gasteiger partial charge in [-0.1, -0.05) is 32.8 Å². The van der Waals surface area contributed by atoms with Gasteiger partial charge < -0.3 is 5.32 Å². The van der Waals surface area contributed by atoms with Crippen molar-refractivity contribution in [3.05, 3.63) is 26.5 Å². The summed E-state index contributed by atoms with van der Waals surface area (Å²) in [7, 11) is 0. The number of hydrogen-bond acceptors (Lipinski definition) is 5. The Bertz CT molecular complexity index is 491. The molecule has 0 radical (unpaired) electrons. The van der Waals surface area contributed by atoms with Crippen LogP contribution in [0.5, 0.6) is 0 Å². The summed E-state index contributed by atoms with van der Waals surface area (Å²) in [6.45, 7) is 8.18. The number of rotatable bonds is 8. The Hall–Kier alpha value is -1.43. The molecule has 0 unspecified atom stereocenters. The van der Waals surface area contributed by atoms with Crippen molar-refractivity contribution in [2.75, 3.05) is 0 Å². The van der Waals surface area contributed by atoms with E-state index in [9.17, 15) is 4.79 Å². The van der Waals surface area contributed by atoms with Crippen LogP contribution in [0.25, 0.3) is 10.4 Å². The van der Waals surface area contributed by atoms with Crippen molar-refractivity contribution < 1.29 is 4.79 Å². The summed E-state index contributed by atoms with van der Waals surface area (Å²) in [5, 5.41) is 7.70. The average molecular weight is 295 g/mol. The van der Waals surface area contributed by atoms with E-state index >= 15 is 0 Å². The van der Waals surface area contributed by atoms with E-state index in [0.29, 0.717) is 13.0 Å². The second-order valence-electron chi connectivity index (χ2n) is 5.24. The summed E-state index contributed by atoms with van der Waals surface area (Å²) in [5.74, 6) is 0.194. The average Bonchev–Trinajstić information content (AvgIpc) is 2.81. The summed E-state index contributed by atoms with van der Waals surface area (Å²) in [4.78, 5) is 20.2. The minimum atomic E-state index is -0.214. The molecule has 1 rings (SSSR count). The van der Waals surface area contributed by atoms with E-state index in [1.54, 1.807) is 6.20 Å². The molecule has 20 heavy (non-hydrogen) atoms. The Morgan fingerprint density at radius 1 is 1.50 bits per heavy atom. The van der Waals surface area contributed by atoms with E-state index in [1.165, 1.54) is 11.3 Å². The van der Waals surface area contributed by atoms with Crippen molar-refractivity contribution in [1.82, 2.24) is 10.3 Å². The second-order valence-corrected chi connectivity index (χ2v) is 6.44. The van der Waals surface area contributed by atoms with Gasteiger partial charge in [-0.05, 0) is 5.53 Å². The minimum Gasteiger partial charge on any atom is -0.305 e. The van der Waals surface area contributed by atoms with Crippen molar-refractivity contribution in [1.29, 1.82) is 0 Å². The molecule has 110 valence electrons. The molecule has 1 aromatic rings. The van der Waals surface area contributed by atoms with Crippen LogP contribution in [-0.4, -0.2) is 22.9 Å². The fourth-order valence-corrected chi connectivity index (χ4v) is 2.72. The molecule has 1 heterocycles. The van der Waals surface area contributed by atoms with E-state index in [0.717, 1.165) is 9.88 Å². The maximum Gasteiger partial charge on any atom is 0.152 e. The van der Waals surface area contributed by atoms with Gasteiger partial charge in [0.25, 0.3) is 0 Å². The third-order valence-corrected chi connectivity index (χ3v) is 3.72. The molecule has 0 aromatic carbocycles. The molecule has 0 saturated heterocycles. The van der Waals surface area contributed by atoms with E-state index < -0.39 is 0 Å². The molecular weight excluding hydrogens is 274 g/mol. The van der Waals surface area contributed by atoms with E-state index in [4.69, 9.17) is 5.53 Å². The Morgan fingerprint density at radius 3 is 2.75 bits per heavy atom. The van der Waals surface area contributed by atoms with E-state index in [2.05, 4.69) is 20.3 Å². The minimum absolute atomic E-state index is 0.00567. The lowest BCUT2D eigenvalue weighted by Gasteiger charge is -2.21. The first-order valence-electron chi connectivity index (χ1n) is 6.68. The molecule has 6 nitrogen and oxygen atoms in total. The Kier molecular flexibility index (Phi) is 6.64. The highest BCUT2D eigenvalue weighted by Crippen LogP contribution is 2.17. The molecule has 0 bridgehead atoms. The molecule has 0 aliphatic rings. The molecular formula is C13H21N5OS. The highest BCUT2D eigenvalue weighted by molar-refractivity contribution is 7.11. The fourth-order valence-electron chi connectivity index (χ4n) is 1.84. The highest BCUT2D eigenvalue weighted by atomic mass is 32.1. The summed E-state index contributed by atoms with van der Waals surface area (Å²) in [6, 6.07) is 0.0267. The third kappa shape index (κ3) is 5.28. The van der Waals surface area contributed by atoms with Gasteiger partial charge in [0, 0.05) is 34.4 Å². The van der Waals surface area contributed by atoms with E-state index in [1.807, 2.05) is 27.7 Å². The lowest BCUT2D eigenvalue weighted by atomic mass is 9.99. The first-order chi connectivity index (χ1) is 9.43.